The van der Waals surface area contributed by atoms with Crippen molar-refractivity contribution in [2.45, 2.75) is 46.1 Å². The van der Waals surface area contributed by atoms with Crippen LogP contribution in [0.1, 0.15) is 40.0 Å². The highest BCUT2D eigenvalue weighted by Gasteiger charge is 2.28. The third-order valence-electron chi connectivity index (χ3n) is 4.92. The van der Waals surface area contributed by atoms with Gasteiger partial charge < -0.3 is 14.9 Å². The Hall–Kier alpha value is -1.14. The third-order valence-corrected chi connectivity index (χ3v) is 4.92. The van der Waals surface area contributed by atoms with Gasteiger partial charge in [-0.05, 0) is 11.8 Å². The number of rotatable bonds is 5. The highest BCUT2D eigenvalue weighted by Crippen LogP contribution is 2.20. The van der Waals surface area contributed by atoms with Crippen molar-refractivity contribution >= 4 is 11.8 Å². The number of aliphatic hydroxyl groups is 1. The molecule has 2 amide bonds. The van der Waals surface area contributed by atoms with Gasteiger partial charge in [-0.1, -0.05) is 20.8 Å². The zero-order chi connectivity index (χ0) is 17.0. The molecular formula is C17H31N3O3. The summed E-state index contributed by atoms with van der Waals surface area (Å²) >= 11 is 0. The summed E-state index contributed by atoms with van der Waals surface area (Å²) in [4.78, 5) is 29.7. The Morgan fingerprint density at radius 2 is 1.83 bits per heavy atom. The van der Waals surface area contributed by atoms with E-state index in [-0.39, 0.29) is 23.3 Å². The number of hydrogen-bond donors (Lipinski definition) is 1. The van der Waals surface area contributed by atoms with Gasteiger partial charge in [-0.2, -0.15) is 0 Å². The van der Waals surface area contributed by atoms with Crippen molar-refractivity contribution in [2.75, 3.05) is 45.8 Å². The average molecular weight is 325 g/mol. The van der Waals surface area contributed by atoms with Gasteiger partial charge in [0.1, 0.15) is 0 Å². The number of aliphatic hydroxyl groups excluding tert-OH is 1. The Morgan fingerprint density at radius 1 is 1.17 bits per heavy atom. The molecule has 0 aromatic rings. The average Bonchev–Trinajstić information content (AvgIpc) is 2.90. The molecule has 0 aromatic carbocycles. The lowest BCUT2D eigenvalue weighted by molar-refractivity contribution is -0.134. The Bertz CT molecular complexity index is 425. The van der Waals surface area contributed by atoms with Crippen LogP contribution in [0.3, 0.4) is 0 Å². The van der Waals surface area contributed by atoms with E-state index in [9.17, 15) is 14.7 Å². The summed E-state index contributed by atoms with van der Waals surface area (Å²) in [7, 11) is 0. The number of carbonyl (C=O) groups excluding carboxylic acids is 2. The van der Waals surface area contributed by atoms with Crippen LogP contribution in [0.15, 0.2) is 0 Å². The standard InChI is InChI=1S/C17H31N3O3/c1-17(2,3)14(21)13-18-9-11-20(12-10-18)16(23)6-8-19-7-4-5-15(19)22/h14,21H,4-13H2,1-3H3/t14-/m0/s1. The first-order valence-electron chi connectivity index (χ1n) is 8.73. The van der Waals surface area contributed by atoms with E-state index < -0.39 is 0 Å². The second-order valence-electron chi connectivity index (χ2n) is 7.80. The minimum atomic E-state index is -0.356. The van der Waals surface area contributed by atoms with Crippen LogP contribution in [0.2, 0.25) is 0 Å². The van der Waals surface area contributed by atoms with Crippen molar-refractivity contribution in [2.24, 2.45) is 5.41 Å². The van der Waals surface area contributed by atoms with Crippen molar-refractivity contribution in [3.63, 3.8) is 0 Å². The highest BCUT2D eigenvalue weighted by atomic mass is 16.3. The second kappa shape index (κ2) is 7.62. The van der Waals surface area contributed by atoms with Gasteiger partial charge in [0.05, 0.1) is 6.10 Å². The fraction of sp³-hybridized carbons (Fsp3) is 0.882. The summed E-state index contributed by atoms with van der Waals surface area (Å²) < 4.78 is 0. The molecule has 2 aliphatic heterocycles. The molecule has 0 unspecified atom stereocenters. The van der Waals surface area contributed by atoms with E-state index in [0.717, 1.165) is 26.1 Å². The molecule has 2 rings (SSSR count). The molecule has 6 heteroatoms. The predicted octanol–water partition coefficient (Wildman–Crippen LogP) is 0.550. The lowest BCUT2D eigenvalue weighted by Gasteiger charge is -2.38. The number of β-amino-alcohol motifs (C(OH)–C–C–N with tert-alkyl or cyclic N) is 1. The molecule has 0 radical (unpaired) electrons. The third kappa shape index (κ3) is 5.18. The number of hydrogen-bond acceptors (Lipinski definition) is 4. The Morgan fingerprint density at radius 3 is 2.35 bits per heavy atom. The molecule has 0 aliphatic carbocycles. The van der Waals surface area contributed by atoms with Crippen LogP contribution in [-0.2, 0) is 9.59 Å². The van der Waals surface area contributed by atoms with Crippen LogP contribution in [0.25, 0.3) is 0 Å². The van der Waals surface area contributed by atoms with Crippen LogP contribution < -0.4 is 0 Å². The van der Waals surface area contributed by atoms with Crippen molar-refractivity contribution < 1.29 is 14.7 Å². The topological polar surface area (TPSA) is 64.1 Å². The number of nitrogens with zero attached hydrogens (tertiary/aromatic N) is 3. The molecule has 132 valence electrons. The lowest BCUT2D eigenvalue weighted by atomic mass is 9.89. The van der Waals surface area contributed by atoms with E-state index in [4.69, 9.17) is 0 Å². The van der Waals surface area contributed by atoms with Gasteiger partial charge in [0.2, 0.25) is 11.8 Å². The van der Waals surface area contributed by atoms with Gasteiger partial charge in [-0.15, -0.1) is 0 Å². The number of amides is 2. The number of likely N-dealkylation sites (tertiary alicyclic amines) is 1. The molecule has 0 aromatic heterocycles. The maximum Gasteiger partial charge on any atom is 0.224 e. The maximum absolute atomic E-state index is 12.3. The van der Waals surface area contributed by atoms with Crippen LogP contribution in [0, 0.1) is 5.41 Å². The minimum Gasteiger partial charge on any atom is -0.391 e. The molecule has 0 saturated carbocycles. The first-order chi connectivity index (χ1) is 10.8. The summed E-state index contributed by atoms with van der Waals surface area (Å²) in [5.74, 6) is 0.319. The van der Waals surface area contributed by atoms with Gasteiger partial charge in [0.25, 0.3) is 0 Å². The van der Waals surface area contributed by atoms with Crippen molar-refractivity contribution in [1.82, 2.24) is 14.7 Å². The van der Waals surface area contributed by atoms with Gasteiger partial charge in [-0.25, -0.2) is 0 Å². The number of carbonyl (C=O) groups is 2. The molecule has 0 spiro atoms. The molecule has 1 N–H and O–H groups in total. The quantitative estimate of drug-likeness (QED) is 0.802. The molecular weight excluding hydrogens is 294 g/mol. The Labute approximate surface area is 139 Å². The normalized spacial score (nSPS) is 21.8. The molecule has 2 fully saturated rings. The van der Waals surface area contributed by atoms with E-state index in [1.807, 2.05) is 25.7 Å². The zero-order valence-electron chi connectivity index (χ0n) is 14.8. The minimum absolute atomic E-state index is 0.116. The first kappa shape index (κ1) is 18.2. The highest BCUT2D eigenvalue weighted by molar-refractivity contribution is 5.80. The van der Waals surface area contributed by atoms with E-state index in [1.165, 1.54) is 0 Å². The summed E-state index contributed by atoms with van der Waals surface area (Å²) in [6.45, 7) is 11.2. The van der Waals surface area contributed by atoms with E-state index in [1.54, 1.807) is 4.90 Å². The van der Waals surface area contributed by atoms with Crippen LogP contribution in [0.4, 0.5) is 0 Å². The molecule has 2 heterocycles. The SMILES string of the molecule is CC(C)(C)[C@@H](O)CN1CCN(C(=O)CCN2CCCC2=O)CC1. The molecule has 0 bridgehead atoms. The number of piperazine rings is 1. The first-order valence-corrected chi connectivity index (χ1v) is 8.73. The molecule has 6 nitrogen and oxygen atoms in total. The van der Waals surface area contributed by atoms with Crippen molar-refractivity contribution in [3.8, 4) is 0 Å². The maximum atomic E-state index is 12.3. The van der Waals surface area contributed by atoms with E-state index >= 15 is 0 Å². The zero-order valence-corrected chi connectivity index (χ0v) is 14.8. The fourth-order valence-electron chi connectivity index (χ4n) is 3.03. The summed E-state index contributed by atoms with van der Waals surface area (Å²) in [6, 6.07) is 0. The molecule has 2 aliphatic rings. The van der Waals surface area contributed by atoms with Gasteiger partial charge >= 0.3 is 0 Å². The lowest BCUT2D eigenvalue weighted by Crippen LogP contribution is -2.52. The predicted molar refractivity (Wildman–Crippen MR) is 88.9 cm³/mol. The van der Waals surface area contributed by atoms with Gasteiger partial charge in [0.15, 0.2) is 0 Å². The van der Waals surface area contributed by atoms with E-state index in [2.05, 4.69) is 4.90 Å². The largest absolute Gasteiger partial charge is 0.391 e. The fourth-order valence-corrected chi connectivity index (χ4v) is 3.03. The molecule has 23 heavy (non-hydrogen) atoms. The summed E-state index contributed by atoms with van der Waals surface area (Å²) in [6.07, 6.45) is 1.62. The molecule has 1 atom stereocenters. The van der Waals surface area contributed by atoms with Gasteiger partial charge in [0, 0.05) is 58.7 Å². The van der Waals surface area contributed by atoms with Crippen molar-refractivity contribution in [1.29, 1.82) is 0 Å². The summed E-state index contributed by atoms with van der Waals surface area (Å²) in [5.41, 5.74) is -0.116. The monoisotopic (exact) mass is 325 g/mol. The van der Waals surface area contributed by atoms with Gasteiger partial charge in [-0.3, -0.25) is 14.5 Å². The summed E-state index contributed by atoms with van der Waals surface area (Å²) in [5, 5.41) is 10.2. The van der Waals surface area contributed by atoms with Crippen molar-refractivity contribution in [3.05, 3.63) is 0 Å². The van der Waals surface area contributed by atoms with E-state index in [0.29, 0.717) is 39.0 Å². The van der Waals surface area contributed by atoms with Crippen LogP contribution in [-0.4, -0.2) is 83.5 Å². The molecule has 2 saturated heterocycles. The van der Waals surface area contributed by atoms with Crippen LogP contribution >= 0.6 is 0 Å². The Balaban J connectivity index is 1.69. The van der Waals surface area contributed by atoms with Crippen LogP contribution in [0.5, 0.6) is 0 Å². The Kier molecular flexibility index (Phi) is 6.03. The second-order valence-corrected chi connectivity index (χ2v) is 7.80. The smallest absolute Gasteiger partial charge is 0.224 e.